The van der Waals surface area contributed by atoms with Gasteiger partial charge in [0.05, 0.1) is 6.42 Å². The highest BCUT2D eigenvalue weighted by Gasteiger charge is 2.38. The van der Waals surface area contributed by atoms with Crippen LogP contribution in [-0.2, 0) is 9.59 Å². The molecule has 110 valence electrons. The van der Waals surface area contributed by atoms with Gasteiger partial charge in [0.2, 0.25) is 5.91 Å². The summed E-state index contributed by atoms with van der Waals surface area (Å²) in [6.45, 7) is 9.73. The van der Waals surface area contributed by atoms with Crippen LogP contribution in [0.1, 0.15) is 59.8 Å². The molecule has 1 saturated heterocycles. The van der Waals surface area contributed by atoms with Crippen molar-refractivity contribution in [1.82, 2.24) is 4.90 Å². The number of rotatable bonds is 6. The van der Waals surface area contributed by atoms with Crippen molar-refractivity contribution < 1.29 is 14.7 Å². The van der Waals surface area contributed by atoms with Crippen LogP contribution in [0.5, 0.6) is 0 Å². The van der Waals surface area contributed by atoms with Crippen molar-refractivity contribution in [1.29, 1.82) is 0 Å². The monoisotopic (exact) mass is 269 g/mol. The average molecular weight is 269 g/mol. The molecule has 0 radical (unpaired) electrons. The van der Waals surface area contributed by atoms with Gasteiger partial charge in [0.25, 0.3) is 0 Å². The number of carboxylic acids is 1. The molecule has 0 aliphatic carbocycles. The van der Waals surface area contributed by atoms with E-state index in [-0.39, 0.29) is 17.7 Å². The lowest BCUT2D eigenvalue weighted by Crippen LogP contribution is -2.35. The van der Waals surface area contributed by atoms with Crippen molar-refractivity contribution in [3.8, 4) is 0 Å². The number of carbonyl (C=O) groups excluding carboxylic acids is 1. The quantitative estimate of drug-likeness (QED) is 0.806. The third kappa shape index (κ3) is 4.22. The Morgan fingerprint density at radius 2 is 1.79 bits per heavy atom. The van der Waals surface area contributed by atoms with Crippen LogP contribution in [0.25, 0.3) is 0 Å². The van der Waals surface area contributed by atoms with Crippen LogP contribution in [0.15, 0.2) is 0 Å². The van der Waals surface area contributed by atoms with Gasteiger partial charge in [-0.1, -0.05) is 27.7 Å². The summed E-state index contributed by atoms with van der Waals surface area (Å²) in [5.41, 5.74) is -0.181. The van der Waals surface area contributed by atoms with Gasteiger partial charge in [-0.05, 0) is 30.1 Å². The Balaban J connectivity index is 2.59. The second-order valence-corrected chi connectivity index (χ2v) is 6.68. The summed E-state index contributed by atoms with van der Waals surface area (Å²) in [6, 6.07) is 0. The first kappa shape index (κ1) is 16.0. The molecule has 1 rings (SSSR count). The van der Waals surface area contributed by atoms with Crippen molar-refractivity contribution in [3.05, 3.63) is 0 Å². The molecule has 1 aliphatic rings. The summed E-state index contributed by atoms with van der Waals surface area (Å²) < 4.78 is 0. The van der Waals surface area contributed by atoms with E-state index in [1.807, 2.05) is 18.7 Å². The van der Waals surface area contributed by atoms with Crippen molar-refractivity contribution in [2.45, 2.75) is 59.8 Å². The van der Waals surface area contributed by atoms with Gasteiger partial charge in [-0.2, -0.15) is 0 Å². The lowest BCUT2D eigenvalue weighted by Gasteiger charge is -2.28. The summed E-state index contributed by atoms with van der Waals surface area (Å²) in [4.78, 5) is 25.0. The normalized spacial score (nSPS) is 18.6. The standard InChI is InChI=1S/C15H27NO3/c1-5-15(6-2)7-8-16(11-15)12(17)9-14(3,4)10-13(18)19/h5-11H2,1-4H3,(H,18,19). The van der Waals surface area contributed by atoms with Gasteiger partial charge < -0.3 is 10.0 Å². The number of amides is 1. The maximum absolute atomic E-state index is 12.3. The third-order valence-electron chi connectivity index (χ3n) is 4.55. The predicted molar refractivity (Wildman–Crippen MR) is 74.9 cm³/mol. The molecule has 0 aromatic heterocycles. The van der Waals surface area contributed by atoms with E-state index in [0.29, 0.717) is 6.42 Å². The minimum absolute atomic E-state index is 0.0410. The number of hydrogen-bond acceptors (Lipinski definition) is 2. The van der Waals surface area contributed by atoms with E-state index in [2.05, 4.69) is 13.8 Å². The zero-order valence-corrected chi connectivity index (χ0v) is 12.7. The molecule has 1 N–H and O–H groups in total. The first-order valence-corrected chi connectivity index (χ1v) is 7.23. The van der Waals surface area contributed by atoms with Crippen LogP contribution < -0.4 is 0 Å². The van der Waals surface area contributed by atoms with Crippen LogP contribution in [-0.4, -0.2) is 35.0 Å². The molecule has 4 nitrogen and oxygen atoms in total. The largest absolute Gasteiger partial charge is 0.481 e. The molecule has 4 heteroatoms. The van der Waals surface area contributed by atoms with E-state index >= 15 is 0 Å². The second-order valence-electron chi connectivity index (χ2n) is 6.68. The topological polar surface area (TPSA) is 57.6 Å². The molecule has 0 bridgehead atoms. The van der Waals surface area contributed by atoms with E-state index < -0.39 is 11.4 Å². The molecular weight excluding hydrogens is 242 g/mol. The van der Waals surface area contributed by atoms with Crippen molar-refractivity contribution in [3.63, 3.8) is 0 Å². The number of nitrogens with zero attached hydrogens (tertiary/aromatic N) is 1. The fraction of sp³-hybridized carbons (Fsp3) is 0.867. The van der Waals surface area contributed by atoms with Crippen molar-refractivity contribution in [2.75, 3.05) is 13.1 Å². The predicted octanol–water partition coefficient (Wildman–Crippen LogP) is 2.92. The molecule has 0 aromatic rings. The first-order chi connectivity index (χ1) is 8.73. The Bertz CT molecular complexity index is 345. The molecule has 19 heavy (non-hydrogen) atoms. The summed E-state index contributed by atoms with van der Waals surface area (Å²) in [6.07, 6.45) is 3.64. The van der Waals surface area contributed by atoms with E-state index in [0.717, 1.165) is 32.4 Å². The van der Waals surface area contributed by atoms with E-state index in [9.17, 15) is 9.59 Å². The van der Waals surface area contributed by atoms with Crippen LogP contribution in [0, 0.1) is 10.8 Å². The van der Waals surface area contributed by atoms with Crippen molar-refractivity contribution >= 4 is 11.9 Å². The minimum Gasteiger partial charge on any atom is -0.481 e. The summed E-state index contributed by atoms with van der Waals surface area (Å²) in [5, 5.41) is 8.86. The molecule has 0 atom stereocenters. The van der Waals surface area contributed by atoms with Gasteiger partial charge in [0, 0.05) is 19.5 Å². The Hall–Kier alpha value is -1.06. The minimum atomic E-state index is -0.837. The highest BCUT2D eigenvalue weighted by atomic mass is 16.4. The molecule has 0 unspecified atom stereocenters. The maximum Gasteiger partial charge on any atom is 0.303 e. The Morgan fingerprint density at radius 1 is 1.21 bits per heavy atom. The number of aliphatic carboxylic acids is 1. The number of carbonyl (C=O) groups is 2. The number of carboxylic acid groups (broad SMARTS) is 1. The molecule has 1 aliphatic heterocycles. The van der Waals surface area contributed by atoms with Gasteiger partial charge in [0.15, 0.2) is 0 Å². The highest BCUT2D eigenvalue weighted by molar-refractivity contribution is 5.78. The summed E-state index contributed by atoms with van der Waals surface area (Å²) in [7, 11) is 0. The SMILES string of the molecule is CCC1(CC)CCN(C(=O)CC(C)(C)CC(=O)O)C1. The van der Waals surface area contributed by atoms with E-state index in [1.54, 1.807) is 0 Å². The fourth-order valence-corrected chi connectivity index (χ4v) is 2.97. The van der Waals surface area contributed by atoms with Crippen LogP contribution >= 0.6 is 0 Å². The lowest BCUT2D eigenvalue weighted by molar-refractivity contribution is -0.140. The van der Waals surface area contributed by atoms with Gasteiger partial charge in [-0.15, -0.1) is 0 Å². The first-order valence-electron chi connectivity index (χ1n) is 7.23. The molecule has 1 amide bonds. The van der Waals surface area contributed by atoms with Crippen molar-refractivity contribution in [2.24, 2.45) is 10.8 Å². The zero-order chi connectivity index (χ0) is 14.7. The Kier molecular flexibility index (Phi) is 4.99. The van der Waals surface area contributed by atoms with Gasteiger partial charge in [-0.3, -0.25) is 9.59 Å². The average Bonchev–Trinajstić information content (AvgIpc) is 2.71. The Morgan fingerprint density at radius 3 is 2.21 bits per heavy atom. The summed E-state index contributed by atoms with van der Waals surface area (Å²) in [5.74, 6) is -0.731. The fourth-order valence-electron chi connectivity index (χ4n) is 2.97. The van der Waals surface area contributed by atoms with Gasteiger partial charge >= 0.3 is 5.97 Å². The van der Waals surface area contributed by atoms with E-state index in [1.165, 1.54) is 0 Å². The third-order valence-corrected chi connectivity index (χ3v) is 4.55. The maximum atomic E-state index is 12.3. The lowest BCUT2D eigenvalue weighted by atomic mass is 9.82. The molecule has 0 saturated carbocycles. The molecule has 1 fully saturated rings. The van der Waals surface area contributed by atoms with E-state index in [4.69, 9.17) is 5.11 Å². The smallest absolute Gasteiger partial charge is 0.303 e. The van der Waals surface area contributed by atoms with Crippen LogP contribution in [0.4, 0.5) is 0 Å². The highest BCUT2D eigenvalue weighted by Crippen LogP contribution is 2.38. The van der Waals surface area contributed by atoms with Crippen LogP contribution in [0.2, 0.25) is 0 Å². The molecule has 0 spiro atoms. The zero-order valence-electron chi connectivity index (χ0n) is 12.7. The second kappa shape index (κ2) is 5.93. The van der Waals surface area contributed by atoms with Gasteiger partial charge in [-0.25, -0.2) is 0 Å². The van der Waals surface area contributed by atoms with Gasteiger partial charge in [0.1, 0.15) is 0 Å². The summed E-state index contributed by atoms with van der Waals surface area (Å²) >= 11 is 0. The molecule has 0 aromatic carbocycles. The number of hydrogen-bond donors (Lipinski definition) is 1. The number of likely N-dealkylation sites (tertiary alicyclic amines) is 1. The van der Waals surface area contributed by atoms with Crippen LogP contribution in [0.3, 0.4) is 0 Å². The Labute approximate surface area is 116 Å². The molecule has 1 heterocycles. The molecular formula is C15H27NO3.